The van der Waals surface area contributed by atoms with Crippen molar-refractivity contribution in [2.24, 2.45) is 0 Å². The summed E-state index contributed by atoms with van der Waals surface area (Å²) in [5, 5.41) is 5.09. The maximum Gasteiger partial charge on any atom is 0.319 e. The summed E-state index contributed by atoms with van der Waals surface area (Å²) in [7, 11) is -3.01. The van der Waals surface area contributed by atoms with Gasteiger partial charge in [0.2, 0.25) is 0 Å². The largest absolute Gasteiger partial charge is 0.334 e. The highest BCUT2D eigenvalue weighted by Gasteiger charge is 2.28. The Balaban J connectivity index is 1.88. The fraction of sp³-hybridized carbons (Fsp3) is 0.364. The predicted octanol–water partition coefficient (Wildman–Crippen LogP) is 1.13. The van der Waals surface area contributed by atoms with Crippen molar-refractivity contribution in [3.05, 3.63) is 30.1 Å². The first kappa shape index (κ1) is 12.8. The molecule has 0 bridgehead atoms. The Kier molecular flexibility index (Phi) is 3.51. The standard InChI is InChI=1S/C11H13FN2O3S/c12-8-1-3-9(4-2-8)13-11(15)14-10-5-6-18(16,17)7-10/h1-4,10H,5-7H2,(H2,13,14,15)/t10-/m0/s1. The molecule has 1 aromatic carbocycles. The van der Waals surface area contributed by atoms with Gasteiger partial charge in [0.15, 0.2) is 9.84 Å². The Morgan fingerprint density at radius 1 is 1.28 bits per heavy atom. The van der Waals surface area contributed by atoms with Crippen LogP contribution >= 0.6 is 0 Å². The molecule has 0 aromatic heterocycles. The summed E-state index contributed by atoms with van der Waals surface area (Å²) in [6.45, 7) is 0. The number of anilines is 1. The third-order valence-electron chi connectivity index (χ3n) is 2.67. The number of hydrogen-bond donors (Lipinski definition) is 2. The van der Waals surface area contributed by atoms with Gasteiger partial charge in [0.1, 0.15) is 5.82 Å². The van der Waals surface area contributed by atoms with Crippen LogP contribution in [0.1, 0.15) is 6.42 Å². The lowest BCUT2D eigenvalue weighted by molar-refractivity contribution is 0.249. The summed E-state index contributed by atoms with van der Waals surface area (Å²) in [5.74, 6) is -0.305. The summed E-state index contributed by atoms with van der Waals surface area (Å²) >= 11 is 0. The molecule has 1 aliphatic heterocycles. The molecule has 0 unspecified atom stereocenters. The zero-order valence-corrected chi connectivity index (χ0v) is 10.3. The van der Waals surface area contributed by atoms with E-state index in [-0.39, 0.29) is 23.4 Å². The van der Waals surface area contributed by atoms with Gasteiger partial charge in [-0.25, -0.2) is 17.6 Å². The normalized spacial score (nSPS) is 21.5. The van der Waals surface area contributed by atoms with E-state index in [1.54, 1.807) is 0 Å². The van der Waals surface area contributed by atoms with Crippen LogP contribution in [0.15, 0.2) is 24.3 Å². The topological polar surface area (TPSA) is 75.3 Å². The van der Waals surface area contributed by atoms with Crippen LogP contribution in [0.25, 0.3) is 0 Å². The van der Waals surface area contributed by atoms with Crippen LogP contribution in [0.5, 0.6) is 0 Å². The minimum absolute atomic E-state index is 0.0240. The SMILES string of the molecule is O=C(Nc1ccc(F)cc1)N[C@H]1CCS(=O)(=O)C1. The molecule has 0 spiro atoms. The zero-order valence-electron chi connectivity index (χ0n) is 9.52. The molecule has 0 aliphatic carbocycles. The number of sulfone groups is 1. The second-order valence-electron chi connectivity index (χ2n) is 4.21. The van der Waals surface area contributed by atoms with Crippen LogP contribution in [0.2, 0.25) is 0 Å². The maximum atomic E-state index is 12.6. The minimum atomic E-state index is -3.01. The Morgan fingerprint density at radius 3 is 2.50 bits per heavy atom. The highest BCUT2D eigenvalue weighted by molar-refractivity contribution is 7.91. The Bertz CT molecular complexity index is 542. The molecular formula is C11H13FN2O3S. The van der Waals surface area contributed by atoms with Gasteiger partial charge in [-0.2, -0.15) is 0 Å². The molecule has 0 radical (unpaired) electrons. The smallest absolute Gasteiger partial charge is 0.319 e. The molecule has 1 heterocycles. The lowest BCUT2D eigenvalue weighted by Gasteiger charge is -2.11. The number of nitrogens with one attached hydrogen (secondary N) is 2. The fourth-order valence-corrected chi connectivity index (χ4v) is 3.47. The van der Waals surface area contributed by atoms with E-state index in [1.807, 2.05) is 0 Å². The highest BCUT2D eigenvalue weighted by Crippen LogP contribution is 2.12. The third-order valence-corrected chi connectivity index (χ3v) is 4.44. The van der Waals surface area contributed by atoms with Crippen molar-refractivity contribution in [1.29, 1.82) is 0 Å². The Morgan fingerprint density at radius 2 is 1.94 bits per heavy atom. The number of halogens is 1. The van der Waals surface area contributed by atoms with Gasteiger partial charge in [0, 0.05) is 11.7 Å². The average molecular weight is 272 g/mol. The molecule has 1 fully saturated rings. The van der Waals surface area contributed by atoms with E-state index in [1.165, 1.54) is 24.3 Å². The quantitative estimate of drug-likeness (QED) is 0.847. The minimum Gasteiger partial charge on any atom is -0.334 e. The van der Waals surface area contributed by atoms with E-state index in [9.17, 15) is 17.6 Å². The molecular weight excluding hydrogens is 259 g/mol. The number of carbonyl (C=O) groups excluding carboxylic acids is 1. The molecule has 2 N–H and O–H groups in total. The highest BCUT2D eigenvalue weighted by atomic mass is 32.2. The first-order chi connectivity index (χ1) is 8.44. The molecule has 0 saturated carbocycles. The molecule has 1 aliphatic rings. The summed E-state index contributed by atoms with van der Waals surface area (Å²) in [6.07, 6.45) is 0.430. The van der Waals surface area contributed by atoms with Crippen LogP contribution < -0.4 is 10.6 Å². The molecule has 7 heteroatoms. The second-order valence-corrected chi connectivity index (χ2v) is 6.43. The molecule has 98 valence electrons. The summed E-state index contributed by atoms with van der Waals surface area (Å²) in [5.41, 5.74) is 0.453. The van der Waals surface area contributed by atoms with Crippen molar-refractivity contribution in [3.8, 4) is 0 Å². The van der Waals surface area contributed by atoms with Gasteiger partial charge in [-0.05, 0) is 30.7 Å². The van der Waals surface area contributed by atoms with Crippen molar-refractivity contribution in [2.75, 3.05) is 16.8 Å². The molecule has 1 saturated heterocycles. The Hall–Kier alpha value is -1.63. The molecule has 2 amide bonds. The van der Waals surface area contributed by atoms with Crippen molar-refractivity contribution in [1.82, 2.24) is 5.32 Å². The molecule has 1 atom stereocenters. The van der Waals surface area contributed by atoms with Crippen LogP contribution in [-0.4, -0.2) is 32.0 Å². The van der Waals surface area contributed by atoms with Crippen LogP contribution in [-0.2, 0) is 9.84 Å². The van der Waals surface area contributed by atoms with Crippen molar-refractivity contribution in [3.63, 3.8) is 0 Å². The first-order valence-electron chi connectivity index (χ1n) is 5.48. The van der Waals surface area contributed by atoms with Crippen LogP contribution in [0.4, 0.5) is 14.9 Å². The van der Waals surface area contributed by atoms with E-state index in [2.05, 4.69) is 10.6 Å². The monoisotopic (exact) mass is 272 g/mol. The van der Waals surface area contributed by atoms with Gasteiger partial charge in [-0.15, -0.1) is 0 Å². The number of urea groups is 1. The van der Waals surface area contributed by atoms with Crippen molar-refractivity contribution < 1.29 is 17.6 Å². The number of amides is 2. The van der Waals surface area contributed by atoms with Crippen molar-refractivity contribution in [2.45, 2.75) is 12.5 Å². The number of carbonyl (C=O) groups is 1. The Labute approximate surface area is 104 Å². The van der Waals surface area contributed by atoms with Gasteiger partial charge in [0.05, 0.1) is 11.5 Å². The summed E-state index contributed by atoms with van der Waals surface area (Å²) in [4.78, 5) is 11.6. The molecule has 1 aromatic rings. The van der Waals surface area contributed by atoms with E-state index in [4.69, 9.17) is 0 Å². The number of rotatable bonds is 2. The van der Waals surface area contributed by atoms with E-state index < -0.39 is 15.9 Å². The summed E-state index contributed by atoms with van der Waals surface area (Å²) < 4.78 is 35.1. The average Bonchev–Trinajstić information content (AvgIpc) is 2.61. The van der Waals surface area contributed by atoms with E-state index >= 15 is 0 Å². The zero-order chi connectivity index (χ0) is 13.2. The van der Waals surface area contributed by atoms with Gasteiger partial charge in [-0.3, -0.25) is 0 Å². The lowest BCUT2D eigenvalue weighted by Crippen LogP contribution is -2.38. The predicted molar refractivity (Wildman–Crippen MR) is 65.6 cm³/mol. The van der Waals surface area contributed by atoms with Crippen LogP contribution in [0.3, 0.4) is 0 Å². The maximum absolute atomic E-state index is 12.6. The van der Waals surface area contributed by atoms with Gasteiger partial charge >= 0.3 is 6.03 Å². The van der Waals surface area contributed by atoms with Gasteiger partial charge in [-0.1, -0.05) is 0 Å². The molecule has 5 nitrogen and oxygen atoms in total. The fourth-order valence-electron chi connectivity index (χ4n) is 1.79. The second kappa shape index (κ2) is 4.93. The van der Waals surface area contributed by atoms with Gasteiger partial charge in [0.25, 0.3) is 0 Å². The number of hydrogen-bond acceptors (Lipinski definition) is 3. The third kappa shape index (κ3) is 3.43. The van der Waals surface area contributed by atoms with E-state index in [0.717, 1.165) is 0 Å². The molecule has 2 rings (SSSR count). The van der Waals surface area contributed by atoms with Crippen LogP contribution in [0, 0.1) is 5.82 Å². The van der Waals surface area contributed by atoms with E-state index in [0.29, 0.717) is 12.1 Å². The molecule has 18 heavy (non-hydrogen) atoms. The van der Waals surface area contributed by atoms with Crippen molar-refractivity contribution >= 4 is 21.6 Å². The number of benzene rings is 1. The lowest BCUT2D eigenvalue weighted by atomic mass is 10.3. The summed E-state index contributed by atoms with van der Waals surface area (Å²) in [6, 6.07) is 4.49. The van der Waals surface area contributed by atoms with Gasteiger partial charge < -0.3 is 10.6 Å². The first-order valence-corrected chi connectivity index (χ1v) is 7.30.